The third-order valence-corrected chi connectivity index (χ3v) is 7.19. The van der Waals surface area contributed by atoms with Gasteiger partial charge in [0.05, 0.1) is 12.1 Å². The first-order valence-electron chi connectivity index (χ1n) is 12.7. The number of nitriles is 2. The molecule has 0 bridgehead atoms. The Kier molecular flexibility index (Phi) is 11.1. The monoisotopic (exact) mass is 421 g/mol. The van der Waals surface area contributed by atoms with Gasteiger partial charge in [0.1, 0.15) is 11.1 Å². The van der Waals surface area contributed by atoms with Crippen molar-refractivity contribution < 1.29 is 0 Å². The van der Waals surface area contributed by atoms with Crippen molar-refractivity contribution in [1.29, 1.82) is 10.5 Å². The Morgan fingerprint density at radius 1 is 0.806 bits per heavy atom. The molecule has 1 fully saturated rings. The summed E-state index contributed by atoms with van der Waals surface area (Å²) in [5, 5.41) is 20.3. The van der Waals surface area contributed by atoms with Gasteiger partial charge in [-0.15, -0.1) is 0 Å². The quantitative estimate of drug-likeness (QED) is 0.287. The first-order valence-corrected chi connectivity index (χ1v) is 12.7. The third kappa shape index (κ3) is 7.66. The van der Waals surface area contributed by atoms with Crippen molar-refractivity contribution in [1.82, 2.24) is 4.90 Å². The topological polar surface area (TPSA) is 50.8 Å². The van der Waals surface area contributed by atoms with Crippen molar-refractivity contribution in [3.63, 3.8) is 0 Å². The summed E-state index contributed by atoms with van der Waals surface area (Å²) in [5.74, 6) is 0. The van der Waals surface area contributed by atoms with Gasteiger partial charge in [-0.05, 0) is 38.2 Å². The highest BCUT2D eigenvalue weighted by Crippen LogP contribution is 2.42. The highest BCUT2D eigenvalue weighted by atomic mass is 15.3. The summed E-state index contributed by atoms with van der Waals surface area (Å²) in [7, 11) is 0. The van der Waals surface area contributed by atoms with E-state index in [1.807, 2.05) is 25.1 Å². The fraction of sp³-hybridized carbons (Fsp3) is 0.714. The maximum Gasteiger partial charge on any atom is 0.110 e. The van der Waals surface area contributed by atoms with Crippen LogP contribution < -0.4 is 0 Å². The minimum absolute atomic E-state index is 0.516. The van der Waals surface area contributed by atoms with Crippen LogP contribution in [0.3, 0.4) is 0 Å². The third-order valence-electron chi connectivity index (χ3n) is 7.19. The second-order valence-corrected chi connectivity index (χ2v) is 9.74. The van der Waals surface area contributed by atoms with Crippen LogP contribution in [0.4, 0.5) is 0 Å². The molecule has 1 aromatic carbocycles. The predicted molar refractivity (Wildman–Crippen MR) is 129 cm³/mol. The molecule has 1 heterocycles. The lowest BCUT2D eigenvalue weighted by molar-refractivity contribution is -0.00825. The first-order chi connectivity index (χ1) is 15.1. The number of hydrogen-bond donors (Lipinski definition) is 0. The number of likely N-dealkylation sites (tertiary alicyclic amines) is 1. The molecule has 2 atom stereocenters. The van der Waals surface area contributed by atoms with Crippen LogP contribution in [0, 0.1) is 22.7 Å². The van der Waals surface area contributed by atoms with Crippen LogP contribution in [0.1, 0.15) is 116 Å². The zero-order valence-electron chi connectivity index (χ0n) is 20.0. The number of piperidine rings is 1. The average molecular weight is 422 g/mol. The molecule has 0 radical (unpaired) electrons. The van der Waals surface area contributed by atoms with Gasteiger partial charge in [0.2, 0.25) is 0 Å². The Balaban J connectivity index is 1.84. The van der Waals surface area contributed by atoms with Gasteiger partial charge in [-0.1, -0.05) is 108 Å². The lowest BCUT2D eigenvalue weighted by Gasteiger charge is -2.50. The molecule has 3 heteroatoms. The molecular weight excluding hydrogens is 378 g/mol. The summed E-state index contributed by atoms with van der Waals surface area (Å²) in [6.45, 7) is 4.98. The molecule has 1 saturated heterocycles. The summed E-state index contributed by atoms with van der Waals surface area (Å²) in [6, 6.07) is 15.6. The number of rotatable bonds is 14. The van der Waals surface area contributed by atoms with Gasteiger partial charge >= 0.3 is 0 Å². The molecule has 2 unspecified atom stereocenters. The van der Waals surface area contributed by atoms with Gasteiger partial charge in [-0.3, -0.25) is 4.90 Å². The standard InChI is InChI=1S/C28H43N3/c1-3-4-5-6-7-8-9-10-11-12-16-21-28(25-30)22-17-20-27(2,24-29)31(28)23-26-18-14-13-15-19-26/h13-15,18-19H,3-12,16-17,20-23H2,1-2H3. The van der Waals surface area contributed by atoms with Crippen LogP contribution in [0.5, 0.6) is 0 Å². The van der Waals surface area contributed by atoms with Crippen LogP contribution in [-0.4, -0.2) is 16.0 Å². The van der Waals surface area contributed by atoms with Crippen molar-refractivity contribution in [3.8, 4) is 12.1 Å². The molecule has 0 saturated carbocycles. The van der Waals surface area contributed by atoms with Crippen molar-refractivity contribution in [3.05, 3.63) is 35.9 Å². The molecule has 0 aromatic heterocycles. The van der Waals surface area contributed by atoms with Crippen molar-refractivity contribution >= 4 is 0 Å². The Morgan fingerprint density at radius 3 is 1.94 bits per heavy atom. The van der Waals surface area contributed by atoms with E-state index in [1.54, 1.807) is 0 Å². The van der Waals surface area contributed by atoms with E-state index in [1.165, 1.54) is 69.8 Å². The lowest BCUT2D eigenvalue weighted by Crippen LogP contribution is -2.60. The van der Waals surface area contributed by atoms with Crippen molar-refractivity contribution in [2.24, 2.45) is 0 Å². The zero-order valence-corrected chi connectivity index (χ0v) is 20.0. The molecular formula is C28H43N3. The fourth-order valence-corrected chi connectivity index (χ4v) is 5.19. The zero-order chi connectivity index (χ0) is 22.4. The lowest BCUT2D eigenvalue weighted by atomic mass is 9.75. The normalized spacial score (nSPS) is 23.9. The number of unbranched alkanes of at least 4 members (excludes halogenated alkanes) is 10. The van der Waals surface area contributed by atoms with E-state index < -0.39 is 11.1 Å². The maximum absolute atomic E-state index is 10.3. The van der Waals surface area contributed by atoms with Gasteiger partial charge in [-0.25, -0.2) is 0 Å². The van der Waals surface area contributed by atoms with Crippen LogP contribution in [0.2, 0.25) is 0 Å². The first kappa shape index (κ1) is 25.4. The predicted octanol–water partition coefficient (Wildman–Crippen LogP) is 7.92. The summed E-state index contributed by atoms with van der Waals surface area (Å²) < 4.78 is 0. The Hall–Kier alpha value is -1.84. The average Bonchev–Trinajstić information content (AvgIpc) is 2.80. The maximum atomic E-state index is 10.3. The second-order valence-electron chi connectivity index (χ2n) is 9.74. The van der Waals surface area contributed by atoms with Crippen LogP contribution in [-0.2, 0) is 6.54 Å². The van der Waals surface area contributed by atoms with Crippen LogP contribution in [0.15, 0.2) is 30.3 Å². The molecule has 0 spiro atoms. The fourth-order valence-electron chi connectivity index (χ4n) is 5.19. The molecule has 0 aliphatic carbocycles. The molecule has 170 valence electrons. The van der Waals surface area contributed by atoms with Gasteiger partial charge in [0, 0.05) is 6.54 Å². The van der Waals surface area contributed by atoms with E-state index in [0.717, 1.165) is 32.1 Å². The molecule has 0 amide bonds. The minimum Gasteiger partial charge on any atom is -0.263 e. The van der Waals surface area contributed by atoms with Gasteiger partial charge in [0.15, 0.2) is 0 Å². The second kappa shape index (κ2) is 13.5. The smallest absolute Gasteiger partial charge is 0.110 e. The van der Waals surface area contributed by atoms with Gasteiger partial charge < -0.3 is 0 Å². The van der Waals surface area contributed by atoms with Gasteiger partial charge in [0.25, 0.3) is 0 Å². The number of nitrogens with zero attached hydrogens (tertiary/aromatic N) is 3. The Bertz CT molecular complexity index is 701. The van der Waals surface area contributed by atoms with E-state index in [-0.39, 0.29) is 0 Å². The summed E-state index contributed by atoms with van der Waals surface area (Å²) in [6.07, 6.45) is 18.0. The molecule has 3 nitrogen and oxygen atoms in total. The number of benzene rings is 1. The van der Waals surface area contributed by atoms with E-state index in [0.29, 0.717) is 6.54 Å². The SMILES string of the molecule is CCCCCCCCCCCCCC1(C#N)CCCC(C)(C#N)N1Cc1ccccc1. The van der Waals surface area contributed by atoms with Crippen molar-refractivity contribution in [2.75, 3.05) is 0 Å². The summed E-state index contributed by atoms with van der Waals surface area (Å²) in [5.41, 5.74) is 0.101. The molecule has 1 aliphatic heterocycles. The largest absolute Gasteiger partial charge is 0.263 e. The molecule has 1 aliphatic rings. The summed E-state index contributed by atoms with van der Waals surface area (Å²) >= 11 is 0. The Labute approximate surface area is 191 Å². The van der Waals surface area contributed by atoms with Crippen LogP contribution in [0.25, 0.3) is 0 Å². The minimum atomic E-state index is -0.568. The van der Waals surface area contributed by atoms with E-state index in [4.69, 9.17) is 0 Å². The molecule has 1 aromatic rings. The van der Waals surface area contributed by atoms with Gasteiger partial charge in [-0.2, -0.15) is 10.5 Å². The summed E-state index contributed by atoms with van der Waals surface area (Å²) in [4.78, 5) is 2.23. The highest BCUT2D eigenvalue weighted by molar-refractivity contribution is 5.23. The highest BCUT2D eigenvalue weighted by Gasteiger charge is 2.49. The van der Waals surface area contributed by atoms with Crippen LogP contribution >= 0.6 is 0 Å². The molecule has 0 N–H and O–H groups in total. The van der Waals surface area contributed by atoms with Crippen molar-refractivity contribution in [2.45, 2.75) is 128 Å². The van der Waals surface area contributed by atoms with E-state index in [2.05, 4.69) is 36.1 Å². The van der Waals surface area contributed by atoms with E-state index >= 15 is 0 Å². The van der Waals surface area contributed by atoms with E-state index in [9.17, 15) is 10.5 Å². The molecule has 2 rings (SSSR count). The number of hydrogen-bond acceptors (Lipinski definition) is 3. The molecule has 31 heavy (non-hydrogen) atoms. The Morgan fingerprint density at radius 2 is 1.39 bits per heavy atom.